The lowest BCUT2D eigenvalue weighted by Crippen LogP contribution is -2.47. The Labute approximate surface area is 184 Å². The number of nitrogens with zero attached hydrogens (tertiary/aromatic N) is 2. The summed E-state index contributed by atoms with van der Waals surface area (Å²) in [4.78, 5) is 20.7. The van der Waals surface area contributed by atoms with Crippen LogP contribution in [0.1, 0.15) is 5.56 Å². The maximum Gasteiger partial charge on any atom is 0.257 e. The van der Waals surface area contributed by atoms with Crippen LogP contribution in [0.2, 0.25) is 0 Å². The quantitative estimate of drug-likeness (QED) is 0.496. The molecule has 0 bridgehead atoms. The molecule has 0 aliphatic carbocycles. The van der Waals surface area contributed by atoms with Crippen molar-refractivity contribution >= 4 is 31.8 Å². The first kappa shape index (κ1) is 20.9. The van der Waals surface area contributed by atoms with Crippen LogP contribution in [-0.2, 0) is 16.6 Å². The Balaban J connectivity index is 1.50. The van der Waals surface area contributed by atoms with Gasteiger partial charge in [-0.3, -0.25) is 9.69 Å². The van der Waals surface area contributed by atoms with Crippen LogP contribution in [0.15, 0.2) is 53.3 Å². The van der Waals surface area contributed by atoms with Crippen LogP contribution in [0.3, 0.4) is 0 Å². The molecule has 5 rings (SSSR count). The summed E-state index contributed by atoms with van der Waals surface area (Å²) in [6.07, 6.45) is 1.22. The highest BCUT2D eigenvalue weighted by molar-refractivity contribution is 7.88. The van der Waals surface area contributed by atoms with E-state index in [-0.39, 0.29) is 16.8 Å². The Morgan fingerprint density at radius 1 is 0.969 bits per heavy atom. The van der Waals surface area contributed by atoms with Crippen LogP contribution in [0.5, 0.6) is 0 Å². The molecule has 2 aromatic carbocycles. The molecule has 0 atom stereocenters. The summed E-state index contributed by atoms with van der Waals surface area (Å²) in [7, 11) is -3.20. The molecule has 166 valence electrons. The van der Waals surface area contributed by atoms with Gasteiger partial charge in [0, 0.05) is 49.1 Å². The molecule has 0 saturated carbocycles. The Morgan fingerprint density at radius 3 is 2.44 bits per heavy atom. The van der Waals surface area contributed by atoms with Crippen molar-refractivity contribution in [1.29, 1.82) is 0 Å². The van der Waals surface area contributed by atoms with Crippen molar-refractivity contribution in [2.75, 3.05) is 32.4 Å². The first-order chi connectivity index (χ1) is 15.3. The van der Waals surface area contributed by atoms with E-state index < -0.39 is 15.8 Å². The average Bonchev–Trinajstić information content (AvgIpc) is 3.10. The predicted molar refractivity (Wildman–Crippen MR) is 124 cm³/mol. The molecule has 2 N–H and O–H groups in total. The molecular formula is C23H23FN4O3S. The second kappa shape index (κ2) is 7.84. The Morgan fingerprint density at radius 2 is 1.69 bits per heavy atom. The Kier molecular flexibility index (Phi) is 5.11. The van der Waals surface area contributed by atoms with Crippen LogP contribution in [-0.4, -0.2) is 60.0 Å². The number of piperazine rings is 1. The number of pyridine rings is 1. The molecule has 0 radical (unpaired) electrons. The van der Waals surface area contributed by atoms with E-state index in [1.54, 1.807) is 12.1 Å². The number of sulfonamides is 1. The molecule has 32 heavy (non-hydrogen) atoms. The lowest BCUT2D eigenvalue weighted by Gasteiger charge is -2.33. The number of rotatable bonds is 4. The second-order valence-electron chi connectivity index (χ2n) is 8.19. The number of nitrogens with one attached hydrogen (secondary N) is 2. The summed E-state index contributed by atoms with van der Waals surface area (Å²) < 4.78 is 40.6. The van der Waals surface area contributed by atoms with E-state index >= 15 is 4.39 Å². The minimum absolute atomic E-state index is 0.168. The SMILES string of the molecule is CS(=O)(=O)N1CCN(Cc2cccc3[nH]c(-c4cc5ccccc5[nH]c4=O)c(F)c23)CC1. The van der Waals surface area contributed by atoms with Gasteiger partial charge >= 0.3 is 0 Å². The smallest absolute Gasteiger partial charge is 0.257 e. The van der Waals surface area contributed by atoms with E-state index in [2.05, 4.69) is 14.9 Å². The summed E-state index contributed by atoms with van der Waals surface area (Å²) >= 11 is 0. The van der Waals surface area contributed by atoms with E-state index in [0.717, 1.165) is 10.9 Å². The van der Waals surface area contributed by atoms with E-state index in [1.807, 2.05) is 36.4 Å². The van der Waals surface area contributed by atoms with Gasteiger partial charge in [0.05, 0.1) is 17.5 Å². The molecule has 1 saturated heterocycles. The maximum absolute atomic E-state index is 15.6. The van der Waals surface area contributed by atoms with Crippen LogP contribution >= 0.6 is 0 Å². The summed E-state index contributed by atoms with van der Waals surface area (Å²) in [6.45, 7) is 2.49. The van der Waals surface area contributed by atoms with Gasteiger partial charge in [0.2, 0.25) is 10.0 Å². The van der Waals surface area contributed by atoms with Crippen molar-refractivity contribution in [3.05, 3.63) is 70.3 Å². The normalized spacial score (nSPS) is 16.2. The molecular weight excluding hydrogens is 431 g/mol. The summed E-state index contributed by atoms with van der Waals surface area (Å²) in [6, 6.07) is 14.6. The molecule has 1 aliphatic rings. The number of hydrogen-bond donors (Lipinski definition) is 2. The summed E-state index contributed by atoms with van der Waals surface area (Å²) in [5.74, 6) is -0.453. The number of aromatic nitrogens is 2. The lowest BCUT2D eigenvalue weighted by molar-refractivity contribution is 0.182. The fourth-order valence-corrected chi connectivity index (χ4v) is 5.22. The highest BCUT2D eigenvalue weighted by Crippen LogP contribution is 2.31. The van der Waals surface area contributed by atoms with Gasteiger partial charge < -0.3 is 9.97 Å². The van der Waals surface area contributed by atoms with Crippen molar-refractivity contribution in [1.82, 2.24) is 19.2 Å². The molecule has 4 aromatic rings. The zero-order valence-electron chi connectivity index (χ0n) is 17.6. The zero-order valence-corrected chi connectivity index (χ0v) is 18.4. The molecule has 1 fully saturated rings. The third-order valence-corrected chi connectivity index (χ3v) is 7.37. The molecule has 0 spiro atoms. The van der Waals surface area contributed by atoms with Gasteiger partial charge in [-0.15, -0.1) is 0 Å². The van der Waals surface area contributed by atoms with Crippen LogP contribution < -0.4 is 5.56 Å². The number of para-hydroxylation sites is 1. The van der Waals surface area contributed by atoms with E-state index in [4.69, 9.17) is 0 Å². The Bertz CT molecular complexity index is 1480. The fourth-order valence-electron chi connectivity index (χ4n) is 4.39. The zero-order chi connectivity index (χ0) is 22.5. The number of H-pyrrole nitrogens is 2. The van der Waals surface area contributed by atoms with Gasteiger partial charge in [-0.1, -0.05) is 30.3 Å². The highest BCUT2D eigenvalue weighted by Gasteiger charge is 2.25. The van der Waals surface area contributed by atoms with Crippen molar-refractivity contribution in [2.45, 2.75) is 6.54 Å². The van der Waals surface area contributed by atoms with Crippen molar-refractivity contribution in [3.63, 3.8) is 0 Å². The minimum Gasteiger partial charge on any atom is -0.352 e. The number of aromatic amines is 2. The molecule has 7 nitrogen and oxygen atoms in total. The van der Waals surface area contributed by atoms with Crippen LogP contribution in [0.25, 0.3) is 33.1 Å². The van der Waals surface area contributed by atoms with Crippen LogP contribution in [0, 0.1) is 5.82 Å². The van der Waals surface area contributed by atoms with Crippen molar-refractivity contribution in [2.24, 2.45) is 0 Å². The number of hydrogen-bond acceptors (Lipinski definition) is 4. The highest BCUT2D eigenvalue weighted by atomic mass is 32.2. The number of benzene rings is 2. The first-order valence-corrected chi connectivity index (χ1v) is 12.2. The Hall–Kier alpha value is -3.01. The second-order valence-corrected chi connectivity index (χ2v) is 10.2. The summed E-state index contributed by atoms with van der Waals surface area (Å²) in [5, 5.41) is 1.28. The van der Waals surface area contributed by atoms with Gasteiger partial charge in [-0.05, 0) is 29.1 Å². The van der Waals surface area contributed by atoms with Crippen molar-refractivity contribution < 1.29 is 12.8 Å². The first-order valence-electron chi connectivity index (χ1n) is 10.4. The molecule has 2 aromatic heterocycles. The van der Waals surface area contributed by atoms with E-state index in [1.165, 1.54) is 10.6 Å². The molecule has 0 amide bonds. The van der Waals surface area contributed by atoms with Gasteiger partial charge in [0.25, 0.3) is 5.56 Å². The molecule has 9 heteroatoms. The fraction of sp³-hybridized carbons (Fsp3) is 0.261. The standard InChI is InChI=1S/C23H23FN4O3S/c1-32(30,31)28-11-9-27(10-12-28)14-16-6-4-8-19-20(16)21(24)22(25-19)17-13-15-5-2-3-7-18(15)26-23(17)29/h2-8,13,25H,9-12,14H2,1H3,(H,26,29). The largest absolute Gasteiger partial charge is 0.352 e. The van der Waals surface area contributed by atoms with Gasteiger partial charge in [-0.2, -0.15) is 4.31 Å². The monoisotopic (exact) mass is 454 g/mol. The van der Waals surface area contributed by atoms with Gasteiger partial charge in [0.15, 0.2) is 5.82 Å². The lowest BCUT2D eigenvalue weighted by atomic mass is 10.1. The molecule has 0 unspecified atom stereocenters. The van der Waals surface area contributed by atoms with E-state index in [0.29, 0.717) is 49.1 Å². The van der Waals surface area contributed by atoms with E-state index in [9.17, 15) is 13.2 Å². The summed E-state index contributed by atoms with van der Waals surface area (Å²) in [5.41, 5.74) is 2.19. The third-order valence-electron chi connectivity index (χ3n) is 6.07. The maximum atomic E-state index is 15.6. The molecule has 3 heterocycles. The van der Waals surface area contributed by atoms with Gasteiger partial charge in [-0.25, -0.2) is 12.8 Å². The number of halogens is 1. The predicted octanol–water partition coefficient (Wildman–Crippen LogP) is 2.89. The minimum atomic E-state index is -3.20. The number of fused-ring (bicyclic) bond motifs is 2. The van der Waals surface area contributed by atoms with Gasteiger partial charge in [0.1, 0.15) is 0 Å². The van der Waals surface area contributed by atoms with Crippen LogP contribution in [0.4, 0.5) is 4.39 Å². The van der Waals surface area contributed by atoms with Crippen molar-refractivity contribution in [3.8, 4) is 11.3 Å². The topological polar surface area (TPSA) is 89.3 Å². The third kappa shape index (κ3) is 3.72. The molecule has 1 aliphatic heterocycles. The average molecular weight is 455 g/mol.